The van der Waals surface area contributed by atoms with Crippen molar-refractivity contribution < 1.29 is 14.3 Å². The molecule has 1 saturated heterocycles. The van der Waals surface area contributed by atoms with Crippen LogP contribution in [0.5, 0.6) is 5.75 Å². The Labute approximate surface area is 150 Å². The van der Waals surface area contributed by atoms with Gasteiger partial charge >= 0.3 is 0 Å². The monoisotopic (exact) mass is 355 g/mol. The summed E-state index contributed by atoms with van der Waals surface area (Å²) < 4.78 is 11.3. The van der Waals surface area contributed by atoms with E-state index in [1.54, 1.807) is 19.1 Å². The summed E-state index contributed by atoms with van der Waals surface area (Å²) >= 11 is 0. The molecule has 2 N–H and O–H groups in total. The predicted molar refractivity (Wildman–Crippen MR) is 95.3 cm³/mol. The Morgan fingerprint density at radius 3 is 3.04 bits per heavy atom. The molecule has 1 aliphatic heterocycles. The number of hydrogen-bond donors (Lipinski definition) is 2. The number of carbonyl (C=O) groups excluding carboxylic acids is 1. The zero-order chi connectivity index (χ0) is 18.1. The highest BCUT2D eigenvalue weighted by molar-refractivity contribution is 6.03. The first-order valence-corrected chi connectivity index (χ1v) is 8.56. The van der Waals surface area contributed by atoms with Crippen LogP contribution in [0.25, 0.3) is 10.9 Å². The molecule has 0 spiro atoms. The minimum Gasteiger partial charge on any atom is -0.494 e. The summed E-state index contributed by atoms with van der Waals surface area (Å²) in [6, 6.07) is 7.70. The molecule has 0 bridgehead atoms. The van der Waals surface area contributed by atoms with Crippen molar-refractivity contribution in [2.75, 3.05) is 27.3 Å². The van der Waals surface area contributed by atoms with Crippen LogP contribution in [0.4, 0.5) is 0 Å². The maximum absolute atomic E-state index is 13.0. The van der Waals surface area contributed by atoms with E-state index in [2.05, 4.69) is 20.2 Å². The average Bonchev–Trinajstić information content (AvgIpc) is 3.39. The molecule has 1 aromatic carbocycles. The van der Waals surface area contributed by atoms with Crippen molar-refractivity contribution in [3.8, 4) is 5.75 Å². The molecule has 0 radical (unpaired) electrons. The van der Waals surface area contributed by atoms with Crippen LogP contribution in [0.2, 0.25) is 0 Å². The number of aromatic amines is 2. The molecule has 1 amide bonds. The maximum Gasteiger partial charge on any atom is 0.274 e. The van der Waals surface area contributed by atoms with Crippen LogP contribution in [0.15, 0.2) is 30.6 Å². The van der Waals surface area contributed by atoms with Gasteiger partial charge in [0.25, 0.3) is 5.91 Å². The van der Waals surface area contributed by atoms with Gasteiger partial charge in [0.1, 0.15) is 17.8 Å². The lowest BCUT2D eigenvalue weighted by molar-refractivity contribution is 0.0544. The number of methoxy groups -OCH3 is 1. The van der Waals surface area contributed by atoms with E-state index in [0.29, 0.717) is 24.6 Å². The average molecular weight is 355 g/mol. The molecule has 3 aromatic rings. The van der Waals surface area contributed by atoms with Crippen molar-refractivity contribution in [3.05, 3.63) is 42.1 Å². The fraction of sp³-hybridized carbons (Fsp3) is 0.389. The van der Waals surface area contributed by atoms with Crippen molar-refractivity contribution in [1.82, 2.24) is 25.1 Å². The smallest absolute Gasteiger partial charge is 0.274 e. The third kappa shape index (κ3) is 2.82. The minimum atomic E-state index is -0.134. The van der Waals surface area contributed by atoms with Gasteiger partial charge in [-0.2, -0.15) is 5.10 Å². The lowest BCUT2D eigenvalue weighted by Crippen LogP contribution is -2.36. The molecule has 0 aliphatic carbocycles. The fourth-order valence-corrected chi connectivity index (χ4v) is 3.56. The lowest BCUT2D eigenvalue weighted by Gasteiger charge is -2.23. The van der Waals surface area contributed by atoms with Crippen molar-refractivity contribution in [2.24, 2.45) is 0 Å². The van der Waals surface area contributed by atoms with E-state index in [9.17, 15) is 4.79 Å². The summed E-state index contributed by atoms with van der Waals surface area (Å²) in [4.78, 5) is 22.1. The normalized spacial score (nSPS) is 19.8. The molecule has 2 aromatic heterocycles. The van der Waals surface area contributed by atoms with E-state index >= 15 is 0 Å². The largest absolute Gasteiger partial charge is 0.494 e. The third-order valence-corrected chi connectivity index (χ3v) is 4.87. The SMILES string of the molecule is COc1c(C(=O)N(C)C[C@H]2OCC[C@H]2c2ncn[nH]2)[nH]c2ccccc12. The highest BCUT2D eigenvalue weighted by Crippen LogP contribution is 2.32. The molecule has 4 rings (SSSR count). The Balaban J connectivity index is 1.55. The zero-order valence-electron chi connectivity index (χ0n) is 14.7. The Morgan fingerprint density at radius 1 is 1.42 bits per heavy atom. The molecule has 26 heavy (non-hydrogen) atoms. The summed E-state index contributed by atoms with van der Waals surface area (Å²) in [5.41, 5.74) is 1.32. The van der Waals surface area contributed by atoms with E-state index in [1.807, 2.05) is 24.3 Å². The standard InChI is InChI=1S/C18H21N5O3/c1-23(9-14-12(7-8-26-14)17-19-10-20-22-17)18(24)15-16(25-2)11-5-3-4-6-13(11)21-15/h3-6,10,12,14,21H,7-9H2,1-2H3,(H,19,20,22)/t12-,14-/m1/s1. The number of benzene rings is 1. The number of H-pyrrole nitrogens is 2. The van der Waals surface area contributed by atoms with Crippen LogP contribution in [-0.2, 0) is 4.74 Å². The fourth-order valence-electron chi connectivity index (χ4n) is 3.56. The first-order chi connectivity index (χ1) is 12.7. The van der Waals surface area contributed by atoms with Crippen LogP contribution in [0.3, 0.4) is 0 Å². The van der Waals surface area contributed by atoms with Crippen LogP contribution in [0, 0.1) is 0 Å². The van der Waals surface area contributed by atoms with Gasteiger partial charge in [0.15, 0.2) is 5.75 Å². The zero-order valence-corrected chi connectivity index (χ0v) is 14.7. The van der Waals surface area contributed by atoms with Gasteiger partial charge in [0.05, 0.1) is 13.2 Å². The highest BCUT2D eigenvalue weighted by atomic mass is 16.5. The van der Waals surface area contributed by atoms with Gasteiger partial charge in [-0.05, 0) is 18.6 Å². The van der Waals surface area contributed by atoms with Crippen LogP contribution >= 0.6 is 0 Å². The first kappa shape index (κ1) is 16.6. The van der Waals surface area contributed by atoms with Crippen molar-refractivity contribution >= 4 is 16.8 Å². The van der Waals surface area contributed by atoms with Gasteiger partial charge in [0, 0.05) is 37.0 Å². The second kappa shape index (κ2) is 6.80. The Hall–Kier alpha value is -2.87. The van der Waals surface area contributed by atoms with Gasteiger partial charge in [-0.1, -0.05) is 12.1 Å². The Kier molecular flexibility index (Phi) is 4.34. The first-order valence-electron chi connectivity index (χ1n) is 8.56. The van der Waals surface area contributed by atoms with Crippen molar-refractivity contribution in [3.63, 3.8) is 0 Å². The molecule has 0 unspecified atom stereocenters. The third-order valence-electron chi connectivity index (χ3n) is 4.87. The molecule has 136 valence electrons. The topological polar surface area (TPSA) is 96.1 Å². The van der Waals surface area contributed by atoms with Gasteiger partial charge in [-0.3, -0.25) is 9.89 Å². The summed E-state index contributed by atoms with van der Waals surface area (Å²) in [5.74, 6) is 1.34. The molecule has 8 heteroatoms. The van der Waals surface area contributed by atoms with Gasteiger partial charge in [-0.25, -0.2) is 4.98 Å². The molecular weight excluding hydrogens is 334 g/mol. The summed E-state index contributed by atoms with van der Waals surface area (Å²) in [7, 11) is 3.35. The number of amides is 1. The number of hydrogen-bond acceptors (Lipinski definition) is 5. The van der Waals surface area contributed by atoms with Crippen LogP contribution in [-0.4, -0.2) is 64.4 Å². The lowest BCUT2D eigenvalue weighted by atomic mass is 10.0. The molecule has 1 aliphatic rings. The number of aromatic nitrogens is 4. The van der Waals surface area contributed by atoms with Crippen molar-refractivity contribution in [2.45, 2.75) is 18.4 Å². The van der Waals surface area contributed by atoms with Gasteiger partial charge in [-0.15, -0.1) is 0 Å². The number of para-hydroxylation sites is 1. The highest BCUT2D eigenvalue weighted by Gasteiger charge is 2.34. The second-order valence-electron chi connectivity index (χ2n) is 6.44. The maximum atomic E-state index is 13.0. The number of ether oxygens (including phenoxy) is 2. The summed E-state index contributed by atoms with van der Waals surface area (Å²) in [5, 5.41) is 7.72. The Bertz CT molecular complexity index is 905. The quantitative estimate of drug-likeness (QED) is 0.729. The minimum absolute atomic E-state index is 0.109. The molecule has 2 atom stereocenters. The molecular formula is C18H21N5O3. The number of nitrogens with one attached hydrogen (secondary N) is 2. The van der Waals surface area contributed by atoms with Gasteiger partial charge < -0.3 is 19.4 Å². The molecule has 0 saturated carbocycles. The number of fused-ring (bicyclic) bond motifs is 1. The van der Waals surface area contributed by atoms with E-state index in [1.165, 1.54) is 6.33 Å². The second-order valence-corrected chi connectivity index (χ2v) is 6.44. The number of likely N-dealkylation sites (N-methyl/N-ethyl adjacent to an activating group) is 1. The predicted octanol–water partition coefficient (Wildman–Crippen LogP) is 1.94. The Morgan fingerprint density at radius 2 is 2.27 bits per heavy atom. The summed E-state index contributed by atoms with van der Waals surface area (Å²) in [6.45, 7) is 1.11. The number of carbonyl (C=O) groups is 1. The van der Waals surface area contributed by atoms with Gasteiger partial charge in [0.2, 0.25) is 0 Å². The molecule has 8 nitrogen and oxygen atoms in total. The number of nitrogens with zero attached hydrogens (tertiary/aromatic N) is 3. The van der Waals surface area contributed by atoms with E-state index in [0.717, 1.165) is 23.1 Å². The molecule has 3 heterocycles. The van der Waals surface area contributed by atoms with Crippen molar-refractivity contribution in [1.29, 1.82) is 0 Å². The van der Waals surface area contributed by atoms with Crippen LogP contribution in [0.1, 0.15) is 28.7 Å². The molecule has 1 fully saturated rings. The van der Waals surface area contributed by atoms with Crippen LogP contribution < -0.4 is 4.74 Å². The van der Waals surface area contributed by atoms with E-state index in [4.69, 9.17) is 9.47 Å². The van der Waals surface area contributed by atoms with E-state index < -0.39 is 0 Å². The number of rotatable bonds is 5. The summed E-state index contributed by atoms with van der Waals surface area (Å²) in [6.07, 6.45) is 2.24. The van der Waals surface area contributed by atoms with E-state index in [-0.39, 0.29) is 17.9 Å².